The summed E-state index contributed by atoms with van der Waals surface area (Å²) in [6.45, 7) is 1.01. The number of allylic oxidation sites excluding steroid dienone is 1. The molecule has 6 rings (SSSR count). The van der Waals surface area contributed by atoms with Gasteiger partial charge in [0.25, 0.3) is 0 Å². The summed E-state index contributed by atoms with van der Waals surface area (Å²) in [5, 5.41) is 5.61. The standard InChI is InChI=1S/C33H30N6O4/c1-42-25-13-9-22(10-14-25)28(40)17-18-29(41)38-19-5-6-24(20-38)39-33-30(32(34)35-21-36-33)31(37-39)23-11-15-27(16-12-23)43-26-7-3-2-4-8-26/h2-4,7-18,21,24H,5-6,19-20H2,1H3,(H2,34,35,36)/b18-17+. The van der Waals surface area contributed by atoms with Crippen molar-refractivity contribution in [1.82, 2.24) is 24.6 Å². The largest absolute Gasteiger partial charge is 0.497 e. The number of anilines is 1. The van der Waals surface area contributed by atoms with E-state index < -0.39 is 0 Å². The maximum absolute atomic E-state index is 13.1. The lowest BCUT2D eigenvalue weighted by Gasteiger charge is -2.32. The summed E-state index contributed by atoms with van der Waals surface area (Å²) in [6.07, 6.45) is 5.66. The van der Waals surface area contributed by atoms with Crippen molar-refractivity contribution in [2.45, 2.75) is 18.9 Å². The number of rotatable bonds is 8. The number of aromatic nitrogens is 4. The number of fused-ring (bicyclic) bond motifs is 1. The molecule has 1 saturated heterocycles. The summed E-state index contributed by atoms with van der Waals surface area (Å²) < 4.78 is 12.9. The Morgan fingerprint density at radius 3 is 2.37 bits per heavy atom. The van der Waals surface area contributed by atoms with Crippen LogP contribution in [0.15, 0.2) is 97.3 Å². The van der Waals surface area contributed by atoms with Crippen LogP contribution in [0.25, 0.3) is 22.3 Å². The quantitative estimate of drug-likeness (QED) is 0.191. The van der Waals surface area contributed by atoms with E-state index in [0.29, 0.717) is 52.7 Å². The number of nitrogens with two attached hydrogens (primary N) is 1. The number of piperidine rings is 1. The van der Waals surface area contributed by atoms with E-state index >= 15 is 0 Å². The highest BCUT2D eigenvalue weighted by atomic mass is 16.5. The van der Waals surface area contributed by atoms with Crippen molar-refractivity contribution in [3.8, 4) is 28.5 Å². The smallest absolute Gasteiger partial charge is 0.246 e. The number of hydrogen-bond acceptors (Lipinski definition) is 8. The van der Waals surface area contributed by atoms with E-state index in [1.807, 2.05) is 59.3 Å². The molecule has 1 atom stereocenters. The fourth-order valence-electron chi connectivity index (χ4n) is 5.22. The third-order valence-corrected chi connectivity index (χ3v) is 7.43. The lowest BCUT2D eigenvalue weighted by atomic mass is 10.1. The maximum atomic E-state index is 13.1. The monoisotopic (exact) mass is 574 g/mol. The number of carbonyl (C=O) groups excluding carboxylic acids is 2. The van der Waals surface area contributed by atoms with Gasteiger partial charge in [-0.2, -0.15) is 5.10 Å². The van der Waals surface area contributed by atoms with Gasteiger partial charge in [-0.3, -0.25) is 9.59 Å². The van der Waals surface area contributed by atoms with Gasteiger partial charge in [0.1, 0.15) is 35.1 Å². The zero-order valence-corrected chi connectivity index (χ0v) is 23.6. The Morgan fingerprint density at radius 1 is 0.907 bits per heavy atom. The average molecular weight is 575 g/mol. The van der Waals surface area contributed by atoms with Crippen LogP contribution in [-0.4, -0.2) is 56.5 Å². The van der Waals surface area contributed by atoms with Crippen LogP contribution < -0.4 is 15.2 Å². The molecule has 10 nitrogen and oxygen atoms in total. The van der Waals surface area contributed by atoms with E-state index in [1.54, 1.807) is 36.3 Å². The minimum absolute atomic E-state index is 0.130. The average Bonchev–Trinajstić information content (AvgIpc) is 3.45. The molecule has 1 aliphatic rings. The molecular weight excluding hydrogens is 544 g/mol. The Balaban J connectivity index is 1.21. The second kappa shape index (κ2) is 12.2. The van der Waals surface area contributed by atoms with E-state index in [1.165, 1.54) is 18.5 Å². The van der Waals surface area contributed by atoms with E-state index in [0.717, 1.165) is 24.2 Å². The van der Waals surface area contributed by atoms with Gasteiger partial charge in [-0.05, 0) is 79.6 Å². The van der Waals surface area contributed by atoms with Crippen molar-refractivity contribution in [2.75, 3.05) is 25.9 Å². The van der Waals surface area contributed by atoms with Gasteiger partial charge in [0.15, 0.2) is 11.4 Å². The number of hydrogen-bond donors (Lipinski definition) is 1. The number of carbonyl (C=O) groups is 2. The first-order valence-electron chi connectivity index (χ1n) is 14.0. The van der Waals surface area contributed by atoms with Gasteiger partial charge < -0.3 is 20.1 Å². The topological polar surface area (TPSA) is 125 Å². The van der Waals surface area contributed by atoms with Gasteiger partial charge >= 0.3 is 0 Å². The maximum Gasteiger partial charge on any atom is 0.246 e. The normalized spacial score (nSPS) is 15.1. The number of ether oxygens (including phenoxy) is 2. The zero-order valence-electron chi connectivity index (χ0n) is 23.6. The van der Waals surface area contributed by atoms with Crippen LogP contribution in [0.2, 0.25) is 0 Å². The highest BCUT2D eigenvalue weighted by Crippen LogP contribution is 2.35. The first-order valence-corrected chi connectivity index (χ1v) is 14.0. The Hall–Kier alpha value is -5.51. The SMILES string of the molecule is COc1ccc(C(=O)/C=C/C(=O)N2CCCC(n3nc(-c4ccc(Oc5ccccc5)cc4)c4c(N)ncnc43)C2)cc1. The van der Waals surface area contributed by atoms with Gasteiger partial charge in [-0.1, -0.05) is 18.2 Å². The van der Waals surface area contributed by atoms with Crippen molar-refractivity contribution in [3.63, 3.8) is 0 Å². The van der Waals surface area contributed by atoms with Gasteiger partial charge in [0.2, 0.25) is 5.91 Å². The molecule has 0 spiro atoms. The summed E-state index contributed by atoms with van der Waals surface area (Å²) in [6, 6.07) is 23.8. The van der Waals surface area contributed by atoms with Crippen molar-refractivity contribution in [2.24, 2.45) is 0 Å². The molecule has 2 aromatic heterocycles. The van der Waals surface area contributed by atoms with Crippen molar-refractivity contribution >= 4 is 28.5 Å². The molecule has 1 amide bonds. The van der Waals surface area contributed by atoms with E-state index in [4.69, 9.17) is 20.3 Å². The fourth-order valence-corrected chi connectivity index (χ4v) is 5.22. The Morgan fingerprint density at radius 2 is 1.63 bits per heavy atom. The number of nitrogens with zero attached hydrogens (tertiary/aromatic N) is 5. The Labute approximate surface area is 248 Å². The molecule has 0 saturated carbocycles. The number of methoxy groups -OCH3 is 1. The van der Waals surface area contributed by atoms with Crippen LogP contribution >= 0.6 is 0 Å². The molecule has 0 bridgehead atoms. The molecule has 5 aromatic rings. The number of ketones is 1. The molecule has 1 aliphatic heterocycles. The van der Waals surface area contributed by atoms with E-state index in [2.05, 4.69) is 9.97 Å². The predicted octanol–water partition coefficient (Wildman–Crippen LogP) is 5.48. The molecule has 0 aliphatic carbocycles. The van der Waals surface area contributed by atoms with Crippen molar-refractivity contribution in [3.05, 3.63) is 103 Å². The number of benzene rings is 3. The zero-order chi connectivity index (χ0) is 29.8. The van der Waals surface area contributed by atoms with Crippen LogP contribution in [0, 0.1) is 0 Å². The minimum atomic E-state index is -0.250. The molecule has 10 heteroatoms. The summed E-state index contributed by atoms with van der Waals surface area (Å²) in [7, 11) is 1.57. The molecule has 43 heavy (non-hydrogen) atoms. The predicted molar refractivity (Wildman–Crippen MR) is 163 cm³/mol. The highest BCUT2D eigenvalue weighted by Gasteiger charge is 2.28. The Kier molecular flexibility index (Phi) is 7.82. The number of likely N-dealkylation sites (tertiary alicyclic amines) is 1. The highest BCUT2D eigenvalue weighted by molar-refractivity contribution is 6.07. The van der Waals surface area contributed by atoms with Crippen LogP contribution in [0.3, 0.4) is 0 Å². The first-order chi connectivity index (χ1) is 21.0. The van der Waals surface area contributed by atoms with Gasteiger partial charge in [0.05, 0.1) is 18.5 Å². The molecule has 3 aromatic carbocycles. The number of amides is 1. The molecule has 216 valence electrons. The lowest BCUT2D eigenvalue weighted by Crippen LogP contribution is -2.40. The fraction of sp³-hybridized carbons (Fsp3) is 0.182. The molecule has 2 N–H and O–H groups in total. The van der Waals surface area contributed by atoms with Gasteiger partial charge in [-0.15, -0.1) is 0 Å². The van der Waals surface area contributed by atoms with Crippen molar-refractivity contribution < 1.29 is 19.1 Å². The van der Waals surface area contributed by atoms with E-state index in [-0.39, 0.29) is 17.7 Å². The van der Waals surface area contributed by atoms with Crippen LogP contribution in [0.1, 0.15) is 29.2 Å². The molecule has 0 radical (unpaired) electrons. The van der Waals surface area contributed by atoms with Crippen LogP contribution in [-0.2, 0) is 4.79 Å². The summed E-state index contributed by atoms with van der Waals surface area (Å²) in [5.74, 6) is 1.96. The molecule has 3 heterocycles. The summed E-state index contributed by atoms with van der Waals surface area (Å²) in [4.78, 5) is 36.2. The second-order valence-corrected chi connectivity index (χ2v) is 10.2. The van der Waals surface area contributed by atoms with Gasteiger partial charge in [-0.25, -0.2) is 14.6 Å². The Bertz CT molecular complexity index is 1780. The van der Waals surface area contributed by atoms with Crippen molar-refractivity contribution in [1.29, 1.82) is 0 Å². The third-order valence-electron chi connectivity index (χ3n) is 7.43. The lowest BCUT2D eigenvalue weighted by molar-refractivity contribution is -0.127. The van der Waals surface area contributed by atoms with E-state index in [9.17, 15) is 9.59 Å². The third kappa shape index (κ3) is 5.94. The van der Waals surface area contributed by atoms with Crippen LogP contribution in [0.4, 0.5) is 5.82 Å². The second-order valence-electron chi connectivity index (χ2n) is 10.2. The number of para-hydroxylation sites is 1. The minimum Gasteiger partial charge on any atom is -0.497 e. The molecule has 1 unspecified atom stereocenters. The molecular formula is C33H30N6O4. The first kappa shape index (κ1) is 27.6. The summed E-state index contributed by atoms with van der Waals surface area (Å²) in [5.41, 5.74) is 8.93. The molecule has 1 fully saturated rings. The summed E-state index contributed by atoms with van der Waals surface area (Å²) >= 11 is 0. The van der Waals surface area contributed by atoms with Gasteiger partial charge in [0, 0.05) is 30.3 Å². The number of nitrogen functional groups attached to an aromatic ring is 1. The van der Waals surface area contributed by atoms with Crippen LogP contribution in [0.5, 0.6) is 17.2 Å².